The van der Waals surface area contributed by atoms with Crippen molar-refractivity contribution < 1.29 is 0 Å². The number of nitrogen functional groups attached to an aromatic ring is 1. The topological polar surface area (TPSA) is 101 Å². The Hall–Kier alpha value is -1.93. The first-order valence-corrected chi connectivity index (χ1v) is 9.46. The molecule has 2 aliphatic rings. The Kier molecular flexibility index (Phi) is 4.48. The SMILES string of the molecule is Nc1nc(CCNc2nc(NC3CC3)nc3c2CCNCC3)cs1. The van der Waals surface area contributed by atoms with Gasteiger partial charge in [0, 0.05) is 42.9 Å². The molecule has 0 atom stereocenters. The average molecular weight is 345 g/mol. The van der Waals surface area contributed by atoms with Gasteiger partial charge in [0.15, 0.2) is 5.13 Å². The number of rotatable bonds is 6. The summed E-state index contributed by atoms with van der Waals surface area (Å²) < 4.78 is 0. The molecule has 1 aliphatic carbocycles. The van der Waals surface area contributed by atoms with E-state index in [1.165, 1.54) is 35.4 Å². The monoisotopic (exact) mass is 345 g/mol. The number of hydrogen-bond donors (Lipinski definition) is 4. The molecule has 0 bridgehead atoms. The molecule has 1 fully saturated rings. The molecule has 0 aromatic carbocycles. The normalized spacial score (nSPS) is 17.2. The molecule has 7 nitrogen and oxygen atoms in total. The Morgan fingerprint density at radius 3 is 2.88 bits per heavy atom. The number of hydrogen-bond acceptors (Lipinski definition) is 8. The fourth-order valence-electron chi connectivity index (χ4n) is 2.91. The Balaban J connectivity index is 1.50. The van der Waals surface area contributed by atoms with Crippen molar-refractivity contribution in [3.63, 3.8) is 0 Å². The lowest BCUT2D eigenvalue weighted by atomic mass is 10.1. The summed E-state index contributed by atoms with van der Waals surface area (Å²) in [7, 11) is 0. The second-order valence-corrected chi connectivity index (χ2v) is 7.23. The first kappa shape index (κ1) is 15.6. The number of nitrogens with one attached hydrogen (secondary N) is 3. The van der Waals surface area contributed by atoms with Crippen molar-refractivity contribution in [2.45, 2.75) is 38.1 Å². The Labute approximate surface area is 145 Å². The van der Waals surface area contributed by atoms with Gasteiger partial charge in [-0.15, -0.1) is 11.3 Å². The van der Waals surface area contributed by atoms with E-state index in [1.54, 1.807) is 0 Å². The average Bonchev–Trinajstić information content (AvgIpc) is 3.32. The lowest BCUT2D eigenvalue weighted by Gasteiger charge is -2.15. The lowest BCUT2D eigenvalue weighted by molar-refractivity contribution is 0.708. The van der Waals surface area contributed by atoms with Gasteiger partial charge in [-0.2, -0.15) is 4.98 Å². The molecular weight excluding hydrogens is 322 g/mol. The number of nitrogens with two attached hydrogens (primary N) is 1. The van der Waals surface area contributed by atoms with Gasteiger partial charge in [0.2, 0.25) is 5.95 Å². The molecule has 0 amide bonds. The highest BCUT2D eigenvalue weighted by atomic mass is 32.1. The van der Waals surface area contributed by atoms with Crippen LogP contribution in [0.25, 0.3) is 0 Å². The van der Waals surface area contributed by atoms with E-state index in [0.29, 0.717) is 11.2 Å². The summed E-state index contributed by atoms with van der Waals surface area (Å²) in [4.78, 5) is 13.8. The quantitative estimate of drug-likeness (QED) is 0.628. The molecule has 0 radical (unpaired) electrons. The van der Waals surface area contributed by atoms with Gasteiger partial charge in [0.1, 0.15) is 5.82 Å². The first-order valence-electron chi connectivity index (χ1n) is 8.59. The molecule has 2 aromatic rings. The highest BCUT2D eigenvalue weighted by Gasteiger charge is 2.24. The minimum Gasteiger partial charge on any atom is -0.375 e. The smallest absolute Gasteiger partial charge is 0.225 e. The van der Waals surface area contributed by atoms with Crippen molar-refractivity contribution >= 4 is 28.2 Å². The third-order valence-corrected chi connectivity index (χ3v) is 5.06. The maximum absolute atomic E-state index is 5.69. The summed E-state index contributed by atoms with van der Waals surface area (Å²) >= 11 is 1.49. The predicted molar refractivity (Wildman–Crippen MR) is 97.7 cm³/mol. The van der Waals surface area contributed by atoms with E-state index < -0.39 is 0 Å². The standard InChI is InChI=1S/C16H23N7S/c17-15-20-11(9-24-15)3-8-19-14-12-4-6-18-7-5-13(12)22-16(23-14)21-10-1-2-10/h9-10,18H,1-8H2,(H2,17,20)(H2,19,21,22,23). The van der Waals surface area contributed by atoms with Crippen molar-refractivity contribution in [3.8, 4) is 0 Å². The van der Waals surface area contributed by atoms with Crippen molar-refractivity contribution in [3.05, 3.63) is 22.3 Å². The molecule has 128 valence electrons. The minimum absolute atomic E-state index is 0.554. The summed E-state index contributed by atoms with van der Waals surface area (Å²) in [6.45, 7) is 2.75. The lowest BCUT2D eigenvalue weighted by Crippen LogP contribution is -2.16. The van der Waals surface area contributed by atoms with Crippen LogP contribution in [0.1, 0.15) is 29.8 Å². The van der Waals surface area contributed by atoms with E-state index in [0.717, 1.165) is 56.4 Å². The first-order chi connectivity index (χ1) is 11.8. The second kappa shape index (κ2) is 6.90. The molecule has 3 heterocycles. The fourth-order valence-corrected chi connectivity index (χ4v) is 3.51. The van der Waals surface area contributed by atoms with Gasteiger partial charge in [0.05, 0.1) is 11.4 Å². The molecule has 0 saturated heterocycles. The van der Waals surface area contributed by atoms with Crippen molar-refractivity contribution in [1.82, 2.24) is 20.3 Å². The summed E-state index contributed by atoms with van der Waals surface area (Å²) in [5, 5.41) is 13.0. The molecular formula is C16H23N7S. The van der Waals surface area contributed by atoms with Gasteiger partial charge in [0.25, 0.3) is 0 Å². The van der Waals surface area contributed by atoms with E-state index in [9.17, 15) is 0 Å². The van der Waals surface area contributed by atoms with Gasteiger partial charge in [-0.25, -0.2) is 9.97 Å². The third-order valence-electron chi connectivity index (χ3n) is 4.34. The maximum atomic E-state index is 5.69. The van der Waals surface area contributed by atoms with E-state index in [1.807, 2.05) is 5.38 Å². The number of fused-ring (bicyclic) bond motifs is 1. The summed E-state index contributed by atoms with van der Waals surface area (Å²) in [5.74, 6) is 1.73. The second-order valence-electron chi connectivity index (χ2n) is 6.34. The number of aromatic nitrogens is 3. The van der Waals surface area contributed by atoms with E-state index in [4.69, 9.17) is 15.7 Å². The summed E-state index contributed by atoms with van der Waals surface area (Å²) in [6.07, 6.45) is 5.20. The molecule has 8 heteroatoms. The van der Waals surface area contributed by atoms with Gasteiger partial charge < -0.3 is 21.7 Å². The van der Waals surface area contributed by atoms with Gasteiger partial charge in [-0.1, -0.05) is 0 Å². The molecule has 1 saturated carbocycles. The van der Waals surface area contributed by atoms with Crippen LogP contribution in [0.4, 0.5) is 16.9 Å². The highest BCUT2D eigenvalue weighted by molar-refractivity contribution is 7.13. The third kappa shape index (κ3) is 3.76. The van der Waals surface area contributed by atoms with Gasteiger partial charge in [-0.05, 0) is 25.8 Å². The summed E-state index contributed by atoms with van der Waals surface area (Å²) in [6, 6.07) is 0.554. The van der Waals surface area contributed by atoms with Crippen LogP contribution in [0.5, 0.6) is 0 Å². The van der Waals surface area contributed by atoms with Gasteiger partial charge >= 0.3 is 0 Å². The highest BCUT2D eigenvalue weighted by Crippen LogP contribution is 2.26. The van der Waals surface area contributed by atoms with E-state index >= 15 is 0 Å². The van der Waals surface area contributed by atoms with E-state index in [-0.39, 0.29) is 0 Å². The van der Waals surface area contributed by atoms with Crippen LogP contribution in [0, 0.1) is 0 Å². The molecule has 24 heavy (non-hydrogen) atoms. The van der Waals surface area contributed by atoms with Crippen LogP contribution in [-0.2, 0) is 19.3 Å². The number of thiazole rings is 1. The largest absolute Gasteiger partial charge is 0.375 e. The van der Waals surface area contributed by atoms with Crippen LogP contribution in [0.2, 0.25) is 0 Å². The Morgan fingerprint density at radius 2 is 2.08 bits per heavy atom. The molecule has 0 spiro atoms. The summed E-state index contributed by atoms with van der Waals surface area (Å²) in [5.41, 5.74) is 9.14. The zero-order valence-corrected chi connectivity index (χ0v) is 14.5. The van der Waals surface area contributed by atoms with Crippen LogP contribution < -0.4 is 21.7 Å². The zero-order valence-electron chi connectivity index (χ0n) is 13.6. The van der Waals surface area contributed by atoms with Crippen LogP contribution in [0.15, 0.2) is 5.38 Å². The molecule has 2 aromatic heterocycles. The van der Waals surface area contributed by atoms with Crippen molar-refractivity contribution in [2.75, 3.05) is 36.0 Å². The molecule has 1 aliphatic heterocycles. The van der Waals surface area contributed by atoms with Crippen LogP contribution >= 0.6 is 11.3 Å². The molecule has 4 rings (SSSR count). The minimum atomic E-state index is 0.554. The van der Waals surface area contributed by atoms with Crippen molar-refractivity contribution in [2.24, 2.45) is 0 Å². The maximum Gasteiger partial charge on any atom is 0.225 e. The predicted octanol–water partition coefficient (Wildman–Crippen LogP) is 1.43. The number of nitrogens with zero attached hydrogens (tertiary/aromatic N) is 3. The van der Waals surface area contributed by atoms with Crippen LogP contribution in [0.3, 0.4) is 0 Å². The molecule has 0 unspecified atom stereocenters. The number of anilines is 3. The van der Waals surface area contributed by atoms with E-state index in [2.05, 4.69) is 20.9 Å². The molecule has 5 N–H and O–H groups in total. The fraction of sp³-hybridized carbons (Fsp3) is 0.562. The zero-order chi connectivity index (χ0) is 16.4. The van der Waals surface area contributed by atoms with Crippen molar-refractivity contribution in [1.29, 1.82) is 0 Å². The van der Waals surface area contributed by atoms with Gasteiger partial charge in [-0.3, -0.25) is 0 Å². The Bertz CT molecular complexity index is 710. The van der Waals surface area contributed by atoms with Crippen LogP contribution in [-0.4, -0.2) is 40.6 Å². The Morgan fingerprint density at radius 1 is 1.21 bits per heavy atom.